The van der Waals surface area contributed by atoms with Gasteiger partial charge in [0.2, 0.25) is 0 Å². The topological polar surface area (TPSA) is 74.6 Å². The van der Waals surface area contributed by atoms with Crippen molar-refractivity contribution >= 4 is 22.9 Å². The van der Waals surface area contributed by atoms with Gasteiger partial charge in [-0.15, -0.1) is 5.10 Å². The molecule has 0 spiro atoms. The van der Waals surface area contributed by atoms with Crippen molar-refractivity contribution in [1.82, 2.24) is 15.4 Å². The first kappa shape index (κ1) is 16.6. The second-order valence-electron chi connectivity index (χ2n) is 6.01. The van der Waals surface area contributed by atoms with Crippen molar-refractivity contribution in [3.05, 3.63) is 77.5 Å². The molecule has 4 rings (SSSR count). The molecule has 0 aliphatic heterocycles. The lowest BCUT2D eigenvalue weighted by molar-refractivity contribution is 0.414. The van der Waals surface area contributed by atoms with Gasteiger partial charge in [-0.05, 0) is 22.4 Å². The molecule has 1 heterocycles. The predicted octanol–water partition coefficient (Wildman–Crippen LogP) is 4.68. The van der Waals surface area contributed by atoms with E-state index in [9.17, 15) is 0 Å². The Bertz CT molecular complexity index is 1170. The summed E-state index contributed by atoms with van der Waals surface area (Å²) in [4.78, 5) is 0. The highest BCUT2D eigenvalue weighted by Gasteiger charge is 2.08. The van der Waals surface area contributed by atoms with E-state index in [4.69, 9.17) is 10.00 Å². The van der Waals surface area contributed by atoms with Crippen molar-refractivity contribution in [3.8, 4) is 23.1 Å². The van der Waals surface area contributed by atoms with Crippen LogP contribution in [0.25, 0.3) is 34.2 Å². The molecule has 130 valence electrons. The van der Waals surface area contributed by atoms with Crippen LogP contribution in [0.4, 0.5) is 0 Å². The zero-order valence-electron chi connectivity index (χ0n) is 14.7. The summed E-state index contributed by atoms with van der Waals surface area (Å²) in [6, 6.07) is 22.2. The molecule has 27 heavy (non-hydrogen) atoms. The summed E-state index contributed by atoms with van der Waals surface area (Å²) in [5.41, 5.74) is 3.88. The Labute approximate surface area is 156 Å². The van der Waals surface area contributed by atoms with Crippen molar-refractivity contribution in [1.29, 1.82) is 5.26 Å². The number of nitrogens with zero attached hydrogens (tertiary/aromatic N) is 3. The van der Waals surface area contributed by atoms with Gasteiger partial charge in [0.15, 0.2) is 5.69 Å². The van der Waals surface area contributed by atoms with Crippen LogP contribution in [0.15, 0.2) is 60.7 Å². The molecule has 0 aliphatic rings. The van der Waals surface area contributed by atoms with Crippen molar-refractivity contribution in [2.24, 2.45) is 0 Å². The molecular weight excluding hydrogens is 336 g/mol. The van der Waals surface area contributed by atoms with Crippen LogP contribution < -0.4 is 4.74 Å². The molecule has 0 saturated heterocycles. The molecule has 5 nitrogen and oxygen atoms in total. The molecule has 3 aromatic carbocycles. The van der Waals surface area contributed by atoms with Crippen LogP contribution in [0, 0.1) is 11.3 Å². The standard InChI is InChI=1S/C22H16N4O/c1-27-21-13-11-16-4-2-3-5-18(16)19(21)12-8-15-6-9-17(10-7-15)22-20(14-23)24-26-25-22/h2-13H,1H3,(H,24,25,26). The van der Waals surface area contributed by atoms with Crippen LogP contribution in [0.3, 0.4) is 0 Å². The minimum Gasteiger partial charge on any atom is -0.496 e. The number of rotatable bonds is 4. The van der Waals surface area contributed by atoms with Gasteiger partial charge in [-0.2, -0.15) is 5.26 Å². The van der Waals surface area contributed by atoms with E-state index in [1.807, 2.05) is 54.6 Å². The highest BCUT2D eigenvalue weighted by molar-refractivity contribution is 5.95. The van der Waals surface area contributed by atoms with Gasteiger partial charge < -0.3 is 4.74 Å². The normalized spacial score (nSPS) is 11.0. The SMILES string of the molecule is COc1ccc2ccccc2c1C=Cc1ccc(-c2[nH]nnc2C#N)cc1. The van der Waals surface area contributed by atoms with E-state index < -0.39 is 0 Å². The monoisotopic (exact) mass is 352 g/mol. The van der Waals surface area contributed by atoms with Crippen LogP contribution in [0.1, 0.15) is 16.8 Å². The van der Waals surface area contributed by atoms with Crippen molar-refractivity contribution in [2.75, 3.05) is 7.11 Å². The van der Waals surface area contributed by atoms with Gasteiger partial charge >= 0.3 is 0 Å². The molecular formula is C22H16N4O. The third-order valence-corrected chi connectivity index (χ3v) is 4.45. The third-order valence-electron chi connectivity index (χ3n) is 4.45. The molecule has 0 unspecified atom stereocenters. The van der Waals surface area contributed by atoms with Gasteiger partial charge in [-0.1, -0.05) is 72.0 Å². The molecule has 0 radical (unpaired) electrons. The van der Waals surface area contributed by atoms with Crippen LogP contribution in [0.5, 0.6) is 5.75 Å². The number of hydrogen-bond acceptors (Lipinski definition) is 4. The molecule has 0 bridgehead atoms. The van der Waals surface area contributed by atoms with Gasteiger partial charge in [0.05, 0.1) is 7.11 Å². The predicted molar refractivity (Wildman–Crippen MR) is 106 cm³/mol. The fourth-order valence-corrected chi connectivity index (χ4v) is 3.07. The second kappa shape index (κ2) is 7.14. The number of nitriles is 1. The smallest absolute Gasteiger partial charge is 0.190 e. The van der Waals surface area contributed by atoms with Crippen LogP contribution in [-0.2, 0) is 0 Å². The van der Waals surface area contributed by atoms with E-state index in [1.54, 1.807) is 7.11 Å². The van der Waals surface area contributed by atoms with Gasteiger partial charge in [0.1, 0.15) is 17.5 Å². The number of methoxy groups -OCH3 is 1. The number of aromatic nitrogens is 3. The molecule has 0 amide bonds. The Kier molecular flexibility index (Phi) is 4.38. The maximum Gasteiger partial charge on any atom is 0.190 e. The molecule has 0 aliphatic carbocycles. The highest BCUT2D eigenvalue weighted by atomic mass is 16.5. The number of H-pyrrole nitrogens is 1. The zero-order valence-corrected chi connectivity index (χ0v) is 14.7. The summed E-state index contributed by atoms with van der Waals surface area (Å²) in [6.45, 7) is 0. The maximum atomic E-state index is 9.07. The number of benzene rings is 3. The minimum atomic E-state index is 0.291. The highest BCUT2D eigenvalue weighted by Crippen LogP contribution is 2.30. The van der Waals surface area contributed by atoms with E-state index in [1.165, 1.54) is 5.39 Å². The molecule has 1 N–H and O–H groups in total. The quantitative estimate of drug-likeness (QED) is 0.541. The molecule has 1 aromatic heterocycles. The Morgan fingerprint density at radius 2 is 1.81 bits per heavy atom. The van der Waals surface area contributed by atoms with Crippen molar-refractivity contribution in [3.63, 3.8) is 0 Å². The number of hydrogen-bond donors (Lipinski definition) is 1. The largest absolute Gasteiger partial charge is 0.496 e. The van der Waals surface area contributed by atoms with Crippen molar-refractivity contribution < 1.29 is 4.74 Å². The van der Waals surface area contributed by atoms with E-state index in [0.717, 1.165) is 27.8 Å². The lowest BCUT2D eigenvalue weighted by Crippen LogP contribution is -1.88. The molecule has 4 aromatic rings. The zero-order chi connectivity index (χ0) is 18.6. The fraction of sp³-hybridized carbons (Fsp3) is 0.0455. The first-order valence-electron chi connectivity index (χ1n) is 8.45. The summed E-state index contributed by atoms with van der Waals surface area (Å²) in [7, 11) is 1.68. The van der Waals surface area contributed by atoms with Gasteiger partial charge in [-0.3, -0.25) is 5.10 Å². The van der Waals surface area contributed by atoms with Gasteiger partial charge in [0, 0.05) is 11.1 Å². The second-order valence-corrected chi connectivity index (χ2v) is 6.01. The number of aromatic amines is 1. The van der Waals surface area contributed by atoms with E-state index >= 15 is 0 Å². The fourth-order valence-electron chi connectivity index (χ4n) is 3.07. The molecule has 0 saturated carbocycles. The van der Waals surface area contributed by atoms with Gasteiger partial charge in [-0.25, -0.2) is 0 Å². The summed E-state index contributed by atoms with van der Waals surface area (Å²) in [5.74, 6) is 0.837. The summed E-state index contributed by atoms with van der Waals surface area (Å²) >= 11 is 0. The number of fused-ring (bicyclic) bond motifs is 1. The van der Waals surface area contributed by atoms with Crippen molar-refractivity contribution in [2.45, 2.75) is 0 Å². The lowest BCUT2D eigenvalue weighted by Gasteiger charge is -2.09. The van der Waals surface area contributed by atoms with E-state index in [0.29, 0.717) is 11.4 Å². The van der Waals surface area contributed by atoms with Crippen LogP contribution in [-0.4, -0.2) is 22.5 Å². The number of ether oxygens (including phenoxy) is 1. The Hall–Kier alpha value is -3.91. The molecule has 5 heteroatoms. The van der Waals surface area contributed by atoms with E-state index in [2.05, 4.69) is 39.7 Å². The minimum absolute atomic E-state index is 0.291. The third kappa shape index (κ3) is 3.16. The molecule has 0 atom stereocenters. The Morgan fingerprint density at radius 3 is 2.59 bits per heavy atom. The van der Waals surface area contributed by atoms with Gasteiger partial charge in [0.25, 0.3) is 0 Å². The Balaban J connectivity index is 1.68. The Morgan fingerprint density at radius 1 is 1.00 bits per heavy atom. The summed E-state index contributed by atoms with van der Waals surface area (Å²) in [5, 5.41) is 21.6. The van der Waals surface area contributed by atoms with Crippen LogP contribution in [0.2, 0.25) is 0 Å². The summed E-state index contributed by atoms with van der Waals surface area (Å²) in [6.07, 6.45) is 4.11. The first-order chi connectivity index (χ1) is 13.3. The average molecular weight is 352 g/mol. The molecule has 0 fully saturated rings. The van der Waals surface area contributed by atoms with Crippen LogP contribution >= 0.6 is 0 Å². The maximum absolute atomic E-state index is 9.07. The summed E-state index contributed by atoms with van der Waals surface area (Å²) < 4.78 is 5.54. The average Bonchev–Trinajstić information content (AvgIpc) is 3.21. The first-order valence-corrected chi connectivity index (χ1v) is 8.45. The van der Waals surface area contributed by atoms with E-state index in [-0.39, 0.29) is 0 Å². The number of nitrogens with one attached hydrogen (secondary N) is 1. The lowest BCUT2D eigenvalue weighted by atomic mass is 10.0.